The first-order chi connectivity index (χ1) is 9.64. The third-order valence-electron chi connectivity index (χ3n) is 4.92. The van der Waals surface area contributed by atoms with E-state index >= 15 is 0 Å². The molecule has 4 N–H and O–H groups in total. The fourth-order valence-corrected chi connectivity index (χ4v) is 3.67. The molecule has 1 saturated carbocycles. The maximum atomic E-state index is 10.7. The number of nitrogens with two attached hydrogens (primary N) is 1. The van der Waals surface area contributed by atoms with Crippen LogP contribution in [0.5, 0.6) is 0 Å². The molecule has 1 aliphatic carbocycles. The summed E-state index contributed by atoms with van der Waals surface area (Å²) in [5.41, 5.74) is 3.13. The normalized spacial score (nSPS) is 29.9. The number of piperidine rings is 1. The molecule has 2 unspecified atom stereocenters. The van der Waals surface area contributed by atoms with Crippen LogP contribution in [0.4, 0.5) is 11.6 Å². The van der Waals surface area contributed by atoms with Gasteiger partial charge in [0.05, 0.1) is 5.60 Å². The van der Waals surface area contributed by atoms with Gasteiger partial charge in [0.15, 0.2) is 0 Å². The van der Waals surface area contributed by atoms with Gasteiger partial charge in [-0.3, -0.25) is 0 Å². The predicted molar refractivity (Wildman–Crippen MR) is 78.3 cm³/mol. The van der Waals surface area contributed by atoms with Gasteiger partial charge in [0.1, 0.15) is 18.0 Å². The minimum Gasteiger partial charge on any atom is -0.389 e. The molecule has 3 rings (SSSR count). The quantitative estimate of drug-likeness (QED) is 0.556. The van der Waals surface area contributed by atoms with Gasteiger partial charge in [-0.15, -0.1) is 0 Å². The molecule has 1 aromatic rings. The van der Waals surface area contributed by atoms with Gasteiger partial charge < -0.3 is 15.4 Å². The van der Waals surface area contributed by atoms with Crippen molar-refractivity contribution in [2.24, 2.45) is 11.8 Å². The highest BCUT2D eigenvalue weighted by atomic mass is 16.3. The van der Waals surface area contributed by atoms with Crippen molar-refractivity contribution in [1.82, 2.24) is 9.97 Å². The molecule has 6 heteroatoms. The van der Waals surface area contributed by atoms with Crippen molar-refractivity contribution in [2.75, 3.05) is 23.4 Å². The summed E-state index contributed by atoms with van der Waals surface area (Å²) < 4.78 is 0. The van der Waals surface area contributed by atoms with Crippen molar-refractivity contribution in [2.45, 2.75) is 44.6 Å². The summed E-state index contributed by atoms with van der Waals surface area (Å²) in [7, 11) is 0. The molecular formula is C14H23N5O. The van der Waals surface area contributed by atoms with E-state index in [4.69, 9.17) is 5.84 Å². The van der Waals surface area contributed by atoms with Crippen LogP contribution in [0, 0.1) is 12.8 Å². The van der Waals surface area contributed by atoms with Gasteiger partial charge in [0.25, 0.3) is 0 Å². The number of fused-ring (bicyclic) bond motifs is 1. The number of aliphatic hydroxyl groups is 1. The topological polar surface area (TPSA) is 87.3 Å². The second-order valence-electron chi connectivity index (χ2n) is 6.06. The minimum absolute atomic E-state index is 0.355. The maximum Gasteiger partial charge on any atom is 0.148 e. The number of rotatable bonds is 2. The predicted octanol–water partition coefficient (Wildman–Crippen LogP) is 1.20. The Balaban J connectivity index is 1.83. The van der Waals surface area contributed by atoms with Crippen LogP contribution in [0.25, 0.3) is 0 Å². The molecule has 1 aliphatic heterocycles. The molecule has 0 aromatic carbocycles. The van der Waals surface area contributed by atoms with Crippen LogP contribution in [-0.2, 0) is 0 Å². The second-order valence-corrected chi connectivity index (χ2v) is 6.06. The summed E-state index contributed by atoms with van der Waals surface area (Å²) in [5, 5.41) is 10.7. The lowest BCUT2D eigenvalue weighted by molar-refractivity contribution is -0.0613. The maximum absolute atomic E-state index is 10.7. The van der Waals surface area contributed by atoms with E-state index in [9.17, 15) is 5.11 Å². The molecule has 2 aliphatic rings. The van der Waals surface area contributed by atoms with E-state index in [2.05, 4.69) is 20.3 Å². The standard InChI is InChI=1S/C14H23N5O/c1-10-12(18-15)16-9-17-13(10)19-7-6-14(20)5-3-2-4-11(14)8-19/h9,11,20H,2-8,15H2,1H3,(H,16,17,18). The smallest absolute Gasteiger partial charge is 0.148 e. The van der Waals surface area contributed by atoms with Gasteiger partial charge in [-0.1, -0.05) is 12.8 Å². The molecule has 2 fully saturated rings. The zero-order valence-electron chi connectivity index (χ0n) is 12.0. The molecule has 0 amide bonds. The van der Waals surface area contributed by atoms with Crippen LogP contribution < -0.4 is 16.2 Å². The highest BCUT2D eigenvalue weighted by molar-refractivity contribution is 5.57. The summed E-state index contributed by atoms with van der Waals surface area (Å²) in [6.07, 6.45) is 6.80. The second kappa shape index (κ2) is 5.18. The van der Waals surface area contributed by atoms with Crippen LogP contribution in [0.15, 0.2) is 6.33 Å². The Morgan fingerprint density at radius 3 is 3.05 bits per heavy atom. The number of nitrogens with one attached hydrogen (secondary N) is 1. The number of nitrogen functional groups attached to an aromatic ring is 1. The number of hydrogen-bond acceptors (Lipinski definition) is 6. The largest absolute Gasteiger partial charge is 0.389 e. The lowest BCUT2D eigenvalue weighted by Crippen LogP contribution is -2.53. The third-order valence-corrected chi connectivity index (χ3v) is 4.92. The highest BCUT2D eigenvalue weighted by Gasteiger charge is 2.43. The lowest BCUT2D eigenvalue weighted by Gasteiger charge is -2.48. The van der Waals surface area contributed by atoms with Crippen LogP contribution in [0.1, 0.15) is 37.7 Å². The first-order valence-electron chi connectivity index (χ1n) is 7.39. The van der Waals surface area contributed by atoms with Crippen molar-refractivity contribution >= 4 is 11.6 Å². The van der Waals surface area contributed by atoms with Crippen LogP contribution in [-0.4, -0.2) is 33.8 Å². The first-order valence-corrected chi connectivity index (χ1v) is 7.39. The van der Waals surface area contributed by atoms with Gasteiger partial charge in [-0.05, 0) is 26.2 Å². The Morgan fingerprint density at radius 1 is 1.40 bits per heavy atom. The van der Waals surface area contributed by atoms with Crippen molar-refractivity contribution in [3.8, 4) is 0 Å². The molecule has 1 saturated heterocycles. The van der Waals surface area contributed by atoms with Gasteiger partial charge in [-0.2, -0.15) is 0 Å². The van der Waals surface area contributed by atoms with Crippen molar-refractivity contribution in [1.29, 1.82) is 0 Å². The van der Waals surface area contributed by atoms with Crippen LogP contribution >= 0.6 is 0 Å². The van der Waals surface area contributed by atoms with E-state index in [1.807, 2.05) is 6.92 Å². The average Bonchev–Trinajstić information content (AvgIpc) is 2.47. The van der Waals surface area contributed by atoms with E-state index in [1.165, 1.54) is 6.42 Å². The highest BCUT2D eigenvalue weighted by Crippen LogP contribution is 2.41. The van der Waals surface area contributed by atoms with Gasteiger partial charge >= 0.3 is 0 Å². The molecular weight excluding hydrogens is 254 g/mol. The Morgan fingerprint density at radius 2 is 2.25 bits per heavy atom. The average molecular weight is 277 g/mol. The molecule has 0 radical (unpaired) electrons. The molecule has 110 valence electrons. The van der Waals surface area contributed by atoms with E-state index in [-0.39, 0.29) is 0 Å². The Hall–Kier alpha value is -1.40. The fourth-order valence-electron chi connectivity index (χ4n) is 3.67. The summed E-state index contributed by atoms with van der Waals surface area (Å²) in [4.78, 5) is 10.8. The third kappa shape index (κ3) is 2.23. The fraction of sp³-hybridized carbons (Fsp3) is 0.714. The summed E-state index contributed by atoms with van der Waals surface area (Å²) in [5.74, 6) is 7.43. The zero-order valence-corrected chi connectivity index (χ0v) is 12.0. The number of nitrogens with zero attached hydrogens (tertiary/aromatic N) is 3. The number of aromatic nitrogens is 2. The van der Waals surface area contributed by atoms with Gasteiger partial charge in [0, 0.05) is 24.6 Å². The van der Waals surface area contributed by atoms with Crippen LogP contribution in [0.2, 0.25) is 0 Å². The first kappa shape index (κ1) is 13.6. The van der Waals surface area contributed by atoms with Gasteiger partial charge in [-0.25, -0.2) is 15.8 Å². The van der Waals surface area contributed by atoms with Crippen molar-refractivity contribution < 1.29 is 5.11 Å². The summed E-state index contributed by atoms with van der Waals surface area (Å²) in [6, 6.07) is 0. The Kier molecular flexibility index (Phi) is 3.52. The number of anilines is 2. The molecule has 0 bridgehead atoms. The zero-order chi connectivity index (χ0) is 14.2. The number of hydrogen-bond donors (Lipinski definition) is 3. The monoisotopic (exact) mass is 277 g/mol. The van der Waals surface area contributed by atoms with E-state index in [0.717, 1.165) is 50.2 Å². The van der Waals surface area contributed by atoms with Crippen molar-refractivity contribution in [3.63, 3.8) is 0 Å². The Labute approximate surface area is 119 Å². The summed E-state index contributed by atoms with van der Waals surface area (Å²) >= 11 is 0. The van der Waals surface area contributed by atoms with E-state index in [1.54, 1.807) is 6.33 Å². The van der Waals surface area contributed by atoms with Crippen molar-refractivity contribution in [3.05, 3.63) is 11.9 Å². The molecule has 0 spiro atoms. The summed E-state index contributed by atoms with van der Waals surface area (Å²) in [6.45, 7) is 3.69. The Bertz CT molecular complexity index is 494. The molecule has 20 heavy (non-hydrogen) atoms. The lowest BCUT2D eigenvalue weighted by atomic mass is 9.71. The minimum atomic E-state index is -0.454. The molecule has 6 nitrogen and oxygen atoms in total. The van der Waals surface area contributed by atoms with Crippen LogP contribution in [0.3, 0.4) is 0 Å². The molecule has 2 heterocycles. The van der Waals surface area contributed by atoms with E-state index in [0.29, 0.717) is 11.7 Å². The molecule has 2 atom stereocenters. The van der Waals surface area contributed by atoms with E-state index < -0.39 is 5.60 Å². The van der Waals surface area contributed by atoms with Gasteiger partial charge in [0.2, 0.25) is 0 Å². The molecule has 1 aromatic heterocycles. The number of hydrazine groups is 1. The SMILES string of the molecule is Cc1c(NN)ncnc1N1CCC2(O)CCCCC2C1.